The average molecular weight is 230 g/mol. The maximum Gasteiger partial charge on any atom is 0.137 e. The predicted molar refractivity (Wildman–Crippen MR) is 66.8 cm³/mol. The maximum atomic E-state index is 9.00. The normalized spacial score (nSPS) is 21.5. The minimum absolute atomic E-state index is 0.150. The van der Waals surface area contributed by atoms with Crippen molar-refractivity contribution in [3.63, 3.8) is 0 Å². The Morgan fingerprint density at radius 2 is 2.29 bits per heavy atom. The molecule has 0 spiro atoms. The van der Waals surface area contributed by atoms with Crippen molar-refractivity contribution in [1.29, 1.82) is 5.26 Å². The van der Waals surface area contributed by atoms with Crippen LogP contribution in [0.25, 0.3) is 0 Å². The third-order valence-electron chi connectivity index (χ3n) is 3.32. The zero-order valence-corrected chi connectivity index (χ0v) is 10.1. The number of nitriles is 1. The molecule has 17 heavy (non-hydrogen) atoms. The van der Waals surface area contributed by atoms with Crippen LogP contribution in [0.2, 0.25) is 0 Å². The van der Waals surface area contributed by atoms with Crippen molar-refractivity contribution in [2.75, 3.05) is 13.1 Å². The first-order chi connectivity index (χ1) is 8.31. The fourth-order valence-corrected chi connectivity index (χ4v) is 2.24. The van der Waals surface area contributed by atoms with E-state index in [2.05, 4.69) is 18.3 Å². The molecule has 0 aliphatic carbocycles. The van der Waals surface area contributed by atoms with E-state index in [1.165, 1.54) is 12.8 Å². The molecule has 0 saturated carbocycles. The quantitative estimate of drug-likeness (QED) is 0.866. The Morgan fingerprint density at radius 3 is 3.00 bits per heavy atom. The molecule has 0 aromatic heterocycles. The molecule has 2 unspecified atom stereocenters. The molecule has 1 N–H and O–H groups in total. The summed E-state index contributed by atoms with van der Waals surface area (Å²) in [4.78, 5) is 0. The van der Waals surface area contributed by atoms with Gasteiger partial charge in [-0.25, -0.2) is 0 Å². The van der Waals surface area contributed by atoms with Crippen molar-refractivity contribution in [2.24, 2.45) is 5.92 Å². The third-order valence-corrected chi connectivity index (χ3v) is 3.32. The smallest absolute Gasteiger partial charge is 0.137 e. The molecule has 1 aromatic carbocycles. The number of nitrogens with one attached hydrogen (secondary N) is 1. The second kappa shape index (κ2) is 5.70. The second-order valence-electron chi connectivity index (χ2n) is 4.54. The lowest BCUT2D eigenvalue weighted by atomic mass is 9.94. The van der Waals surface area contributed by atoms with Crippen LogP contribution in [-0.4, -0.2) is 19.2 Å². The van der Waals surface area contributed by atoms with Crippen LogP contribution in [0.3, 0.4) is 0 Å². The van der Waals surface area contributed by atoms with E-state index in [-0.39, 0.29) is 6.10 Å². The van der Waals surface area contributed by atoms with Gasteiger partial charge in [-0.2, -0.15) is 5.26 Å². The van der Waals surface area contributed by atoms with Crippen LogP contribution in [0.5, 0.6) is 5.75 Å². The van der Waals surface area contributed by atoms with Crippen LogP contribution < -0.4 is 10.1 Å². The molecule has 2 rings (SSSR count). The van der Waals surface area contributed by atoms with Crippen LogP contribution in [0.4, 0.5) is 0 Å². The molecule has 1 saturated heterocycles. The highest BCUT2D eigenvalue weighted by Crippen LogP contribution is 2.23. The Labute approximate surface area is 102 Å². The summed E-state index contributed by atoms with van der Waals surface area (Å²) < 4.78 is 5.91. The predicted octanol–water partition coefficient (Wildman–Crippen LogP) is 2.33. The van der Waals surface area contributed by atoms with E-state index < -0.39 is 0 Å². The van der Waals surface area contributed by atoms with Crippen LogP contribution in [0.15, 0.2) is 24.3 Å². The van der Waals surface area contributed by atoms with Gasteiger partial charge >= 0.3 is 0 Å². The molecule has 0 amide bonds. The maximum absolute atomic E-state index is 9.00. The highest BCUT2D eigenvalue weighted by atomic mass is 16.5. The summed E-state index contributed by atoms with van der Waals surface area (Å²) in [5.74, 6) is 1.24. The Kier molecular flexibility index (Phi) is 4.00. The van der Waals surface area contributed by atoms with E-state index in [1.807, 2.05) is 18.2 Å². The number of rotatable bonds is 3. The minimum atomic E-state index is 0.150. The summed E-state index contributed by atoms with van der Waals surface area (Å²) in [6, 6.07) is 9.59. The Bertz CT molecular complexity index is 405. The fourth-order valence-electron chi connectivity index (χ4n) is 2.24. The Hall–Kier alpha value is -1.53. The number of nitrogens with zero attached hydrogens (tertiary/aromatic N) is 1. The van der Waals surface area contributed by atoms with Gasteiger partial charge in [0.15, 0.2) is 0 Å². The number of ether oxygens (including phenoxy) is 1. The van der Waals surface area contributed by atoms with E-state index in [9.17, 15) is 0 Å². The van der Waals surface area contributed by atoms with Gasteiger partial charge in [-0.3, -0.25) is 0 Å². The van der Waals surface area contributed by atoms with Crippen molar-refractivity contribution in [2.45, 2.75) is 25.9 Å². The van der Waals surface area contributed by atoms with E-state index in [4.69, 9.17) is 10.00 Å². The molecular weight excluding hydrogens is 212 g/mol. The fraction of sp³-hybridized carbons (Fsp3) is 0.500. The van der Waals surface area contributed by atoms with Crippen LogP contribution >= 0.6 is 0 Å². The Morgan fingerprint density at radius 1 is 1.47 bits per heavy atom. The SMILES string of the molecule is CC(Oc1ccccc1C#N)C1CCCNC1. The summed E-state index contributed by atoms with van der Waals surface area (Å²) >= 11 is 0. The van der Waals surface area contributed by atoms with Crippen molar-refractivity contribution >= 4 is 0 Å². The van der Waals surface area contributed by atoms with Crippen LogP contribution in [-0.2, 0) is 0 Å². The van der Waals surface area contributed by atoms with Gasteiger partial charge in [0.05, 0.1) is 11.7 Å². The lowest BCUT2D eigenvalue weighted by molar-refractivity contribution is 0.131. The third kappa shape index (κ3) is 2.98. The molecule has 1 aromatic rings. The van der Waals surface area contributed by atoms with E-state index in [0.29, 0.717) is 17.2 Å². The summed E-state index contributed by atoms with van der Waals surface area (Å²) in [6.07, 6.45) is 2.55. The zero-order chi connectivity index (χ0) is 12.1. The summed E-state index contributed by atoms with van der Waals surface area (Å²) in [6.45, 7) is 4.21. The van der Waals surface area contributed by atoms with Crippen molar-refractivity contribution in [3.05, 3.63) is 29.8 Å². The van der Waals surface area contributed by atoms with E-state index in [0.717, 1.165) is 13.1 Å². The van der Waals surface area contributed by atoms with Crippen molar-refractivity contribution in [1.82, 2.24) is 5.32 Å². The minimum Gasteiger partial charge on any atom is -0.489 e. The van der Waals surface area contributed by atoms with Gasteiger partial charge < -0.3 is 10.1 Å². The second-order valence-corrected chi connectivity index (χ2v) is 4.54. The van der Waals surface area contributed by atoms with Gasteiger partial charge in [-0.05, 0) is 38.4 Å². The summed E-state index contributed by atoms with van der Waals surface area (Å²) in [7, 11) is 0. The summed E-state index contributed by atoms with van der Waals surface area (Å²) in [5.41, 5.74) is 0.614. The van der Waals surface area contributed by atoms with Gasteiger partial charge in [0.25, 0.3) is 0 Å². The van der Waals surface area contributed by atoms with Gasteiger partial charge in [0, 0.05) is 12.5 Å². The van der Waals surface area contributed by atoms with Gasteiger partial charge in [-0.1, -0.05) is 12.1 Å². The van der Waals surface area contributed by atoms with E-state index >= 15 is 0 Å². The molecule has 1 aliphatic rings. The Balaban J connectivity index is 2.02. The molecule has 3 nitrogen and oxygen atoms in total. The van der Waals surface area contributed by atoms with E-state index in [1.54, 1.807) is 6.07 Å². The molecule has 0 bridgehead atoms. The molecule has 0 radical (unpaired) electrons. The number of para-hydroxylation sites is 1. The van der Waals surface area contributed by atoms with Crippen molar-refractivity contribution < 1.29 is 4.74 Å². The first-order valence-electron chi connectivity index (χ1n) is 6.18. The van der Waals surface area contributed by atoms with Crippen LogP contribution in [0, 0.1) is 17.2 Å². The first kappa shape index (κ1) is 11.9. The highest BCUT2D eigenvalue weighted by molar-refractivity contribution is 5.42. The topological polar surface area (TPSA) is 45.0 Å². The molecule has 1 aliphatic heterocycles. The number of piperidine rings is 1. The monoisotopic (exact) mass is 230 g/mol. The summed E-state index contributed by atoms with van der Waals surface area (Å²) in [5, 5.41) is 12.4. The number of benzene rings is 1. The zero-order valence-electron chi connectivity index (χ0n) is 10.1. The lowest BCUT2D eigenvalue weighted by Gasteiger charge is -2.28. The molecule has 1 heterocycles. The number of hydrogen-bond donors (Lipinski definition) is 1. The molecule has 3 heteroatoms. The molecule has 2 atom stereocenters. The molecule has 1 fully saturated rings. The van der Waals surface area contributed by atoms with Gasteiger partial charge in [0.1, 0.15) is 11.8 Å². The van der Waals surface area contributed by atoms with Crippen LogP contribution in [0.1, 0.15) is 25.3 Å². The first-order valence-corrected chi connectivity index (χ1v) is 6.18. The number of hydrogen-bond acceptors (Lipinski definition) is 3. The van der Waals surface area contributed by atoms with Gasteiger partial charge in [-0.15, -0.1) is 0 Å². The molecular formula is C14H18N2O. The average Bonchev–Trinajstić information content (AvgIpc) is 2.40. The standard InChI is InChI=1S/C14H18N2O/c1-11(13-6-4-8-16-10-13)17-14-7-3-2-5-12(14)9-15/h2-3,5,7,11,13,16H,4,6,8,10H2,1H3. The lowest BCUT2D eigenvalue weighted by Crippen LogP contribution is -2.38. The highest BCUT2D eigenvalue weighted by Gasteiger charge is 2.21. The molecule has 90 valence electrons. The van der Waals surface area contributed by atoms with Gasteiger partial charge in [0.2, 0.25) is 0 Å². The largest absolute Gasteiger partial charge is 0.489 e. The van der Waals surface area contributed by atoms with Crippen molar-refractivity contribution in [3.8, 4) is 11.8 Å².